The van der Waals surface area contributed by atoms with Crippen LogP contribution in [0.25, 0.3) is 0 Å². The molecule has 0 bridgehead atoms. The fourth-order valence-electron chi connectivity index (χ4n) is 5.56. The highest BCUT2D eigenvalue weighted by atomic mass is 16.1. The van der Waals surface area contributed by atoms with Gasteiger partial charge >= 0.3 is 0 Å². The molecule has 0 heterocycles. The number of rotatable bonds is 8. The highest BCUT2D eigenvalue weighted by molar-refractivity contribution is 6.10. The SMILES string of the molecule is CC(C)c1ccc(N(c2ccc(C(=O)c3ccc(C(C)(C)C)cc3)cc2)c2ccc(C(=O)c3ccc(C(C)(C)C)cc3)cc2)cc1. The van der Waals surface area contributed by atoms with Crippen LogP contribution >= 0.6 is 0 Å². The maximum Gasteiger partial charge on any atom is 0.193 e. The van der Waals surface area contributed by atoms with Gasteiger partial charge in [-0.05, 0) is 94.1 Å². The standard InChI is InChI=1S/C43H45NO2/c1-29(2)30-13-23-37(24-14-30)44(38-25-15-33(16-26-38)40(45)31-9-19-35(20-10-31)42(3,4)5)39-27-17-34(18-28-39)41(46)32-11-21-36(22-12-32)43(6,7)8/h9-29H,1-8H3. The van der Waals surface area contributed by atoms with Crippen molar-refractivity contribution in [2.45, 2.75) is 72.1 Å². The summed E-state index contributed by atoms with van der Waals surface area (Å²) in [5, 5.41) is 0. The van der Waals surface area contributed by atoms with Crippen LogP contribution in [0.3, 0.4) is 0 Å². The van der Waals surface area contributed by atoms with E-state index >= 15 is 0 Å². The van der Waals surface area contributed by atoms with Crippen molar-refractivity contribution in [3.63, 3.8) is 0 Å². The molecule has 0 unspecified atom stereocenters. The fourth-order valence-corrected chi connectivity index (χ4v) is 5.56. The lowest BCUT2D eigenvalue weighted by atomic mass is 9.86. The molecule has 5 rings (SSSR count). The Balaban J connectivity index is 1.44. The molecule has 0 aliphatic heterocycles. The minimum absolute atomic E-state index is 0.00163. The summed E-state index contributed by atoms with van der Waals surface area (Å²) < 4.78 is 0. The number of nitrogens with zero attached hydrogens (tertiary/aromatic N) is 1. The summed E-state index contributed by atoms with van der Waals surface area (Å²) in [5.74, 6) is 0.421. The van der Waals surface area contributed by atoms with Crippen LogP contribution in [0.2, 0.25) is 0 Å². The summed E-state index contributed by atoms with van der Waals surface area (Å²) >= 11 is 0. The molecular formula is C43H45NO2. The number of hydrogen-bond donors (Lipinski definition) is 0. The van der Waals surface area contributed by atoms with E-state index in [-0.39, 0.29) is 22.4 Å². The molecular weight excluding hydrogens is 562 g/mol. The molecule has 3 heteroatoms. The molecule has 3 nitrogen and oxygen atoms in total. The Morgan fingerprint density at radius 1 is 0.435 bits per heavy atom. The smallest absolute Gasteiger partial charge is 0.193 e. The molecule has 5 aromatic carbocycles. The summed E-state index contributed by atoms with van der Waals surface area (Å²) in [5.41, 5.74) is 9.20. The molecule has 0 amide bonds. The summed E-state index contributed by atoms with van der Waals surface area (Å²) in [6.45, 7) is 17.4. The zero-order valence-corrected chi connectivity index (χ0v) is 28.4. The minimum atomic E-state index is -0.00163. The third-order valence-corrected chi connectivity index (χ3v) is 8.62. The minimum Gasteiger partial charge on any atom is -0.311 e. The van der Waals surface area contributed by atoms with Crippen molar-refractivity contribution in [3.05, 3.63) is 160 Å². The maximum absolute atomic E-state index is 13.4. The molecule has 0 fully saturated rings. The van der Waals surface area contributed by atoms with E-state index in [2.05, 4.69) is 84.6 Å². The van der Waals surface area contributed by atoms with Crippen molar-refractivity contribution < 1.29 is 9.59 Å². The summed E-state index contributed by atoms with van der Waals surface area (Å²) in [6, 6.07) is 39.9. The quantitative estimate of drug-likeness (QED) is 0.165. The van der Waals surface area contributed by atoms with Gasteiger partial charge in [-0.1, -0.05) is 116 Å². The van der Waals surface area contributed by atoms with Crippen molar-refractivity contribution in [1.82, 2.24) is 0 Å². The topological polar surface area (TPSA) is 37.4 Å². The van der Waals surface area contributed by atoms with Gasteiger partial charge in [-0.3, -0.25) is 9.59 Å². The first kappa shape index (κ1) is 32.6. The molecule has 0 atom stereocenters. The Morgan fingerprint density at radius 3 is 0.957 bits per heavy atom. The van der Waals surface area contributed by atoms with E-state index in [1.54, 1.807) is 0 Å². The first-order valence-corrected chi connectivity index (χ1v) is 16.1. The summed E-state index contributed by atoms with van der Waals surface area (Å²) in [6.07, 6.45) is 0. The van der Waals surface area contributed by atoms with Crippen LogP contribution in [0, 0.1) is 0 Å². The molecule has 0 saturated heterocycles. The molecule has 0 N–H and O–H groups in total. The van der Waals surface area contributed by atoms with Gasteiger partial charge in [-0.15, -0.1) is 0 Å². The first-order valence-electron chi connectivity index (χ1n) is 16.1. The van der Waals surface area contributed by atoms with Crippen LogP contribution in [0.1, 0.15) is 110 Å². The van der Waals surface area contributed by atoms with E-state index < -0.39 is 0 Å². The number of anilines is 3. The van der Waals surface area contributed by atoms with Crippen molar-refractivity contribution in [1.29, 1.82) is 0 Å². The van der Waals surface area contributed by atoms with E-state index in [4.69, 9.17) is 0 Å². The van der Waals surface area contributed by atoms with Gasteiger partial charge in [0.05, 0.1) is 0 Å². The molecule has 0 radical (unpaired) electrons. The van der Waals surface area contributed by atoms with Crippen molar-refractivity contribution in [2.75, 3.05) is 4.90 Å². The number of benzene rings is 5. The Kier molecular flexibility index (Phi) is 9.17. The second-order valence-corrected chi connectivity index (χ2v) is 14.5. The van der Waals surface area contributed by atoms with Crippen LogP contribution in [0.5, 0.6) is 0 Å². The van der Waals surface area contributed by atoms with Crippen LogP contribution in [0.15, 0.2) is 121 Å². The van der Waals surface area contributed by atoms with Gasteiger partial charge in [-0.25, -0.2) is 0 Å². The lowest BCUT2D eigenvalue weighted by molar-refractivity contribution is 0.103. The average Bonchev–Trinajstić information content (AvgIpc) is 3.04. The Labute approximate surface area is 274 Å². The molecule has 0 aliphatic carbocycles. The normalized spacial score (nSPS) is 11.8. The fraction of sp³-hybridized carbons (Fsp3) is 0.256. The van der Waals surface area contributed by atoms with Crippen LogP contribution in [0.4, 0.5) is 17.1 Å². The third kappa shape index (κ3) is 7.21. The predicted molar refractivity (Wildman–Crippen MR) is 192 cm³/mol. The molecule has 0 saturated carbocycles. The largest absolute Gasteiger partial charge is 0.311 e. The molecule has 46 heavy (non-hydrogen) atoms. The maximum atomic E-state index is 13.4. The van der Waals surface area contributed by atoms with Gasteiger partial charge < -0.3 is 4.90 Å². The molecule has 0 aromatic heterocycles. The average molecular weight is 608 g/mol. The van der Waals surface area contributed by atoms with Crippen molar-refractivity contribution in [2.24, 2.45) is 0 Å². The van der Waals surface area contributed by atoms with Gasteiger partial charge in [0.2, 0.25) is 0 Å². The highest BCUT2D eigenvalue weighted by Crippen LogP contribution is 2.36. The molecule has 234 valence electrons. The second-order valence-electron chi connectivity index (χ2n) is 14.5. The van der Waals surface area contributed by atoms with Crippen LogP contribution in [-0.4, -0.2) is 11.6 Å². The van der Waals surface area contributed by atoms with Crippen LogP contribution < -0.4 is 4.90 Å². The van der Waals surface area contributed by atoms with Crippen molar-refractivity contribution in [3.8, 4) is 0 Å². The second kappa shape index (κ2) is 12.9. The van der Waals surface area contributed by atoms with Crippen LogP contribution in [-0.2, 0) is 10.8 Å². The van der Waals surface area contributed by atoms with E-state index in [1.165, 1.54) is 16.7 Å². The van der Waals surface area contributed by atoms with Gasteiger partial charge in [0.1, 0.15) is 0 Å². The monoisotopic (exact) mass is 607 g/mol. The Hall–Kier alpha value is -4.76. The molecule has 0 aliphatic rings. The Morgan fingerprint density at radius 2 is 0.696 bits per heavy atom. The van der Waals surface area contributed by atoms with Gasteiger partial charge in [0.25, 0.3) is 0 Å². The predicted octanol–water partition coefficient (Wildman–Crippen LogP) is 11.3. The van der Waals surface area contributed by atoms with E-state index in [9.17, 15) is 9.59 Å². The number of hydrogen-bond acceptors (Lipinski definition) is 3. The van der Waals surface area contributed by atoms with E-state index in [0.717, 1.165) is 17.1 Å². The number of carbonyl (C=O) groups excluding carboxylic acids is 2. The lowest BCUT2D eigenvalue weighted by Gasteiger charge is -2.26. The van der Waals surface area contributed by atoms with Gasteiger partial charge in [0.15, 0.2) is 11.6 Å². The molecule has 5 aromatic rings. The summed E-state index contributed by atoms with van der Waals surface area (Å²) in [4.78, 5) is 28.9. The molecule has 0 spiro atoms. The zero-order valence-electron chi connectivity index (χ0n) is 28.4. The lowest BCUT2D eigenvalue weighted by Crippen LogP contribution is -2.12. The third-order valence-electron chi connectivity index (χ3n) is 8.62. The highest BCUT2D eigenvalue weighted by Gasteiger charge is 2.19. The summed E-state index contributed by atoms with van der Waals surface area (Å²) in [7, 11) is 0. The number of carbonyl (C=O) groups is 2. The number of ketones is 2. The van der Waals surface area contributed by atoms with Gasteiger partial charge in [0, 0.05) is 39.3 Å². The van der Waals surface area contributed by atoms with E-state index in [0.29, 0.717) is 28.2 Å². The zero-order chi connectivity index (χ0) is 33.2. The van der Waals surface area contributed by atoms with Gasteiger partial charge in [-0.2, -0.15) is 0 Å². The Bertz CT molecular complexity index is 1680. The van der Waals surface area contributed by atoms with Crippen molar-refractivity contribution >= 4 is 28.6 Å². The van der Waals surface area contributed by atoms with E-state index in [1.807, 2.05) is 97.1 Å². The first-order chi connectivity index (χ1) is 21.7.